The third-order valence-corrected chi connectivity index (χ3v) is 5.25. The van der Waals surface area contributed by atoms with Crippen LogP contribution in [0, 0.1) is 5.92 Å². The minimum atomic E-state index is -0.716. The average molecular weight is 291 g/mol. The molecule has 0 amide bonds. The molecule has 1 aliphatic heterocycles. The first-order valence-electron chi connectivity index (χ1n) is 8.03. The molecule has 21 heavy (non-hydrogen) atoms. The number of carboxylic acids is 1. The maximum Gasteiger partial charge on any atom is 0.320 e. The zero-order valence-electron chi connectivity index (χ0n) is 12.1. The molecule has 2 aliphatic carbocycles. The smallest absolute Gasteiger partial charge is 0.320 e. The molecule has 6 nitrogen and oxygen atoms in total. The summed E-state index contributed by atoms with van der Waals surface area (Å²) in [4.78, 5) is 18.1. The molecule has 0 spiro atoms. The van der Waals surface area contributed by atoms with Gasteiger partial charge in [0, 0.05) is 12.0 Å². The molecular formula is C15H21N3O3. The highest BCUT2D eigenvalue weighted by Gasteiger charge is 2.45. The van der Waals surface area contributed by atoms with Crippen molar-refractivity contribution < 1.29 is 14.4 Å². The van der Waals surface area contributed by atoms with Crippen LogP contribution in [0.25, 0.3) is 0 Å². The van der Waals surface area contributed by atoms with Gasteiger partial charge in [0.05, 0.1) is 6.54 Å². The molecule has 2 heterocycles. The Hall–Kier alpha value is -1.43. The van der Waals surface area contributed by atoms with Crippen LogP contribution < -0.4 is 0 Å². The second-order valence-corrected chi connectivity index (χ2v) is 6.69. The summed E-state index contributed by atoms with van der Waals surface area (Å²) in [7, 11) is 0. The Morgan fingerprint density at radius 2 is 2.10 bits per heavy atom. The summed E-state index contributed by atoms with van der Waals surface area (Å²) in [6, 6.07) is -0.0227. The second-order valence-electron chi connectivity index (χ2n) is 6.69. The molecule has 1 N–H and O–H groups in total. The molecule has 0 radical (unpaired) electrons. The van der Waals surface area contributed by atoms with Crippen LogP contribution >= 0.6 is 0 Å². The molecule has 0 unspecified atom stereocenters. The first-order valence-corrected chi connectivity index (χ1v) is 8.03. The molecule has 3 aliphatic rings. The highest BCUT2D eigenvalue weighted by Crippen LogP contribution is 2.41. The van der Waals surface area contributed by atoms with Gasteiger partial charge in [0.15, 0.2) is 5.82 Å². The van der Waals surface area contributed by atoms with Gasteiger partial charge >= 0.3 is 5.97 Å². The zero-order chi connectivity index (χ0) is 14.4. The van der Waals surface area contributed by atoms with Gasteiger partial charge < -0.3 is 9.63 Å². The Morgan fingerprint density at radius 3 is 2.86 bits per heavy atom. The van der Waals surface area contributed by atoms with Crippen molar-refractivity contribution in [3.8, 4) is 0 Å². The average Bonchev–Trinajstić information content (AvgIpc) is 3.12. The van der Waals surface area contributed by atoms with E-state index in [2.05, 4.69) is 15.0 Å². The number of rotatable bonds is 4. The number of fused-ring (bicyclic) bond motifs is 1. The van der Waals surface area contributed by atoms with E-state index in [1.54, 1.807) is 0 Å². The standard InChI is InChI=1S/C15H21N3O3/c19-15(20)12-7-10-3-1-2-4-11(10)18(12)8-13-16-14(17-21-13)9-5-6-9/h9-12H,1-8H2,(H,19,20)/t10-,11-,12+/m1/s1. The Labute approximate surface area is 123 Å². The van der Waals surface area contributed by atoms with Gasteiger partial charge in [0.25, 0.3) is 0 Å². The lowest BCUT2D eigenvalue weighted by Gasteiger charge is -2.31. The van der Waals surface area contributed by atoms with E-state index in [4.69, 9.17) is 4.52 Å². The minimum Gasteiger partial charge on any atom is -0.480 e. The molecule has 1 aromatic rings. The monoisotopic (exact) mass is 291 g/mol. The fraction of sp³-hybridized carbons (Fsp3) is 0.800. The lowest BCUT2D eigenvalue weighted by atomic mass is 9.85. The first kappa shape index (κ1) is 13.2. The van der Waals surface area contributed by atoms with Crippen LogP contribution in [0.3, 0.4) is 0 Å². The highest BCUT2D eigenvalue weighted by molar-refractivity contribution is 5.74. The Bertz CT molecular complexity index is 540. The van der Waals surface area contributed by atoms with Crippen molar-refractivity contribution in [3.63, 3.8) is 0 Å². The molecular weight excluding hydrogens is 270 g/mol. The third-order valence-electron chi connectivity index (χ3n) is 5.25. The van der Waals surface area contributed by atoms with E-state index < -0.39 is 12.0 Å². The quantitative estimate of drug-likeness (QED) is 0.915. The lowest BCUT2D eigenvalue weighted by Crippen LogP contribution is -2.41. The Kier molecular flexibility index (Phi) is 3.21. The number of carbonyl (C=O) groups is 1. The topological polar surface area (TPSA) is 79.5 Å². The third kappa shape index (κ3) is 2.46. The fourth-order valence-electron chi connectivity index (χ4n) is 4.02. The molecule has 1 saturated heterocycles. The van der Waals surface area contributed by atoms with Crippen LogP contribution in [0.1, 0.15) is 62.6 Å². The van der Waals surface area contributed by atoms with Crippen molar-refractivity contribution in [3.05, 3.63) is 11.7 Å². The van der Waals surface area contributed by atoms with Gasteiger partial charge in [-0.2, -0.15) is 4.98 Å². The zero-order valence-corrected chi connectivity index (χ0v) is 12.1. The summed E-state index contributed by atoms with van der Waals surface area (Å²) < 4.78 is 5.34. The Morgan fingerprint density at radius 1 is 1.29 bits per heavy atom. The van der Waals surface area contributed by atoms with Gasteiger partial charge in [-0.1, -0.05) is 18.0 Å². The number of hydrogen-bond donors (Lipinski definition) is 1. The maximum atomic E-state index is 11.6. The summed E-state index contributed by atoms with van der Waals surface area (Å²) in [6.45, 7) is 0.484. The van der Waals surface area contributed by atoms with Crippen molar-refractivity contribution in [1.29, 1.82) is 0 Å². The summed E-state index contributed by atoms with van der Waals surface area (Å²) in [5.41, 5.74) is 0. The number of aliphatic carboxylic acids is 1. The molecule has 6 heteroatoms. The van der Waals surface area contributed by atoms with Crippen LogP contribution in [0.2, 0.25) is 0 Å². The summed E-state index contributed by atoms with van der Waals surface area (Å²) in [6.07, 6.45) is 7.73. The minimum absolute atomic E-state index is 0.371. The van der Waals surface area contributed by atoms with Crippen LogP contribution in [0.5, 0.6) is 0 Å². The lowest BCUT2D eigenvalue weighted by molar-refractivity contribution is -0.143. The van der Waals surface area contributed by atoms with Crippen LogP contribution in [-0.2, 0) is 11.3 Å². The van der Waals surface area contributed by atoms with Crippen molar-refractivity contribution >= 4 is 5.97 Å². The predicted octanol–water partition coefficient (Wildman–Crippen LogP) is 2.16. The van der Waals surface area contributed by atoms with Crippen molar-refractivity contribution in [2.45, 2.75) is 69.5 Å². The molecule has 3 atom stereocenters. The summed E-state index contributed by atoms with van der Waals surface area (Å²) >= 11 is 0. The van der Waals surface area contributed by atoms with Gasteiger partial charge in [-0.15, -0.1) is 0 Å². The van der Waals surface area contributed by atoms with E-state index in [-0.39, 0.29) is 0 Å². The second kappa shape index (κ2) is 5.09. The number of aromatic nitrogens is 2. The van der Waals surface area contributed by atoms with Crippen LogP contribution in [0.4, 0.5) is 0 Å². The summed E-state index contributed by atoms with van der Waals surface area (Å²) in [5, 5.41) is 13.5. The van der Waals surface area contributed by atoms with E-state index >= 15 is 0 Å². The van der Waals surface area contributed by atoms with Gasteiger partial charge in [-0.05, 0) is 38.0 Å². The molecule has 1 aromatic heterocycles. The largest absolute Gasteiger partial charge is 0.480 e. The van der Waals surface area contributed by atoms with Gasteiger partial charge in [-0.25, -0.2) is 0 Å². The number of hydrogen-bond acceptors (Lipinski definition) is 5. The van der Waals surface area contributed by atoms with E-state index in [0.717, 1.165) is 37.9 Å². The number of likely N-dealkylation sites (tertiary alicyclic amines) is 1. The Balaban J connectivity index is 1.53. The molecule has 4 rings (SSSR count). The van der Waals surface area contributed by atoms with E-state index in [0.29, 0.717) is 30.3 Å². The molecule has 2 saturated carbocycles. The molecule has 0 bridgehead atoms. The SMILES string of the molecule is O=C(O)[C@@H]1C[C@H]2CCCC[C@H]2N1Cc1nc(C2CC2)no1. The van der Waals surface area contributed by atoms with Crippen LogP contribution in [0.15, 0.2) is 4.52 Å². The van der Waals surface area contributed by atoms with Gasteiger partial charge in [0.1, 0.15) is 6.04 Å². The van der Waals surface area contributed by atoms with Crippen molar-refractivity contribution in [1.82, 2.24) is 15.0 Å². The molecule has 114 valence electrons. The highest BCUT2D eigenvalue weighted by atomic mass is 16.5. The van der Waals surface area contributed by atoms with E-state index in [1.807, 2.05) is 0 Å². The normalized spacial score (nSPS) is 33.0. The van der Waals surface area contributed by atoms with Crippen LogP contribution in [-0.4, -0.2) is 38.2 Å². The molecule has 0 aromatic carbocycles. The molecule has 3 fully saturated rings. The first-order chi connectivity index (χ1) is 10.2. The van der Waals surface area contributed by atoms with Gasteiger partial charge in [-0.3, -0.25) is 9.69 Å². The van der Waals surface area contributed by atoms with Crippen molar-refractivity contribution in [2.24, 2.45) is 5.92 Å². The van der Waals surface area contributed by atoms with Gasteiger partial charge in [0.2, 0.25) is 5.89 Å². The van der Waals surface area contributed by atoms with E-state index in [9.17, 15) is 9.90 Å². The number of carboxylic acid groups (broad SMARTS) is 1. The predicted molar refractivity (Wildman–Crippen MR) is 73.6 cm³/mol. The van der Waals surface area contributed by atoms with E-state index in [1.165, 1.54) is 12.8 Å². The maximum absolute atomic E-state index is 11.6. The van der Waals surface area contributed by atoms with Crippen molar-refractivity contribution in [2.75, 3.05) is 0 Å². The fourth-order valence-corrected chi connectivity index (χ4v) is 4.02. The number of nitrogens with zero attached hydrogens (tertiary/aromatic N) is 3. The summed E-state index contributed by atoms with van der Waals surface area (Å²) in [5.74, 6) is 1.65.